The highest BCUT2D eigenvalue weighted by molar-refractivity contribution is 6.88. The first kappa shape index (κ1) is 32.5. The van der Waals surface area contributed by atoms with E-state index in [9.17, 15) is 0 Å². The molecule has 1 aromatic heterocycles. The first-order chi connectivity index (χ1) is 24.9. The number of fused-ring (bicyclic) bond motifs is 6. The number of benzene rings is 6. The number of rotatable bonds is 5. The van der Waals surface area contributed by atoms with Crippen molar-refractivity contribution in [3.8, 4) is 67.5 Å². The highest BCUT2D eigenvalue weighted by Gasteiger charge is 2.38. The fourth-order valence-electron chi connectivity index (χ4n) is 8.39. The zero-order valence-corrected chi connectivity index (χ0v) is 32.0. The maximum absolute atomic E-state index is 5.03. The molecule has 0 aliphatic heterocycles. The molecule has 0 fully saturated rings. The normalized spacial score (nSPS) is 14.8. The number of hydrogen-bond donors (Lipinski definition) is 0. The summed E-state index contributed by atoms with van der Waals surface area (Å²) in [5.41, 5.74) is 16.1. The van der Waals surface area contributed by atoms with Crippen LogP contribution in [0.1, 0.15) is 49.9 Å². The van der Waals surface area contributed by atoms with Crippen LogP contribution in [0.25, 0.3) is 67.5 Å². The van der Waals surface area contributed by atoms with E-state index in [1.54, 1.807) is 0 Å². The molecule has 1 heterocycles. The summed E-state index contributed by atoms with van der Waals surface area (Å²) in [6, 6.07) is 48.6. The lowest BCUT2D eigenvalue weighted by molar-refractivity contribution is 0.660. The second-order valence-electron chi connectivity index (χ2n) is 16.6. The predicted octanol–water partition coefficient (Wildman–Crippen LogP) is 11.7. The Morgan fingerprint density at radius 1 is 0.365 bits per heavy atom. The van der Waals surface area contributed by atoms with E-state index >= 15 is 0 Å². The Balaban J connectivity index is 1.11. The van der Waals surface area contributed by atoms with Crippen molar-refractivity contribution in [3.63, 3.8) is 0 Å². The minimum atomic E-state index is -1.42. The van der Waals surface area contributed by atoms with Crippen LogP contribution in [0.15, 0.2) is 133 Å². The second kappa shape index (κ2) is 11.5. The number of hydrogen-bond acceptors (Lipinski definition) is 3. The van der Waals surface area contributed by atoms with Crippen LogP contribution in [0.4, 0.5) is 0 Å². The molecule has 0 saturated carbocycles. The minimum Gasteiger partial charge on any atom is -0.208 e. The number of nitrogens with zero attached hydrogens (tertiary/aromatic N) is 3. The van der Waals surface area contributed by atoms with Crippen LogP contribution in [-0.2, 0) is 10.8 Å². The van der Waals surface area contributed by atoms with Gasteiger partial charge in [-0.2, -0.15) is 0 Å². The third kappa shape index (κ3) is 5.11. The summed E-state index contributed by atoms with van der Waals surface area (Å²) in [5, 5.41) is 1.53. The van der Waals surface area contributed by atoms with Crippen molar-refractivity contribution in [1.29, 1.82) is 0 Å². The molecule has 0 amide bonds. The van der Waals surface area contributed by atoms with E-state index in [2.05, 4.69) is 144 Å². The van der Waals surface area contributed by atoms with Crippen LogP contribution >= 0.6 is 0 Å². The van der Waals surface area contributed by atoms with E-state index in [4.69, 9.17) is 15.0 Å². The zero-order chi connectivity index (χ0) is 36.0. The van der Waals surface area contributed by atoms with E-state index in [1.807, 2.05) is 36.4 Å². The van der Waals surface area contributed by atoms with Crippen molar-refractivity contribution in [2.75, 3.05) is 0 Å². The molecule has 0 N–H and O–H groups in total. The molecule has 4 heteroatoms. The van der Waals surface area contributed by atoms with Gasteiger partial charge >= 0.3 is 0 Å². The van der Waals surface area contributed by atoms with Gasteiger partial charge in [0.25, 0.3) is 0 Å². The monoisotopic (exact) mass is 689 g/mol. The maximum Gasteiger partial charge on any atom is 0.164 e. The molecule has 52 heavy (non-hydrogen) atoms. The van der Waals surface area contributed by atoms with Crippen molar-refractivity contribution in [2.24, 2.45) is 0 Å². The largest absolute Gasteiger partial charge is 0.208 e. The van der Waals surface area contributed by atoms with Gasteiger partial charge < -0.3 is 0 Å². The van der Waals surface area contributed by atoms with Crippen molar-refractivity contribution < 1.29 is 0 Å². The molecule has 0 unspecified atom stereocenters. The van der Waals surface area contributed by atoms with Crippen molar-refractivity contribution in [2.45, 2.75) is 58.2 Å². The quantitative estimate of drug-likeness (QED) is 0.169. The van der Waals surface area contributed by atoms with E-state index in [0.717, 1.165) is 16.7 Å². The fourth-order valence-corrected chi connectivity index (χ4v) is 9.55. The van der Waals surface area contributed by atoms with Crippen LogP contribution in [0, 0.1) is 0 Å². The lowest BCUT2D eigenvalue weighted by Gasteiger charge is -2.25. The molecule has 0 radical (unpaired) electrons. The van der Waals surface area contributed by atoms with Crippen LogP contribution in [0.5, 0.6) is 0 Å². The molecule has 3 nitrogen and oxygen atoms in total. The number of aromatic nitrogens is 3. The SMILES string of the molecule is CC1(C)c2ccc(-c3ccc4c(c3)C(C)(C)c3cc([Si](C)(C)C)ccc3-4)cc2-c2ccc(-c3nc(-c4ccccc4)nc(-c4ccccc4)n3)cc21. The van der Waals surface area contributed by atoms with E-state index in [0.29, 0.717) is 17.5 Å². The Kier molecular flexibility index (Phi) is 7.19. The van der Waals surface area contributed by atoms with Gasteiger partial charge in [0.1, 0.15) is 0 Å². The molecular formula is C48H43N3Si. The standard InChI is InChI=1S/C48H43N3Si/c1-47(2)40-25-20-32(33-18-22-36-37-24-21-35(52(5,6)7)29-43(37)48(3,4)41(36)27-33)26-39(40)38-23-19-34(28-42(38)47)46-50-44(30-14-10-8-11-15-30)49-45(51-46)31-16-12-9-13-17-31/h8-29H,1-7H3. The molecule has 0 spiro atoms. The molecule has 2 aliphatic rings. The van der Waals surface area contributed by atoms with Crippen molar-refractivity contribution >= 4 is 13.3 Å². The summed E-state index contributed by atoms with van der Waals surface area (Å²) in [5.74, 6) is 2.03. The smallest absolute Gasteiger partial charge is 0.164 e. The molecular weight excluding hydrogens is 647 g/mol. The molecule has 0 atom stereocenters. The van der Waals surface area contributed by atoms with Gasteiger partial charge in [-0.3, -0.25) is 0 Å². The lowest BCUT2D eigenvalue weighted by Crippen LogP contribution is -2.38. The third-order valence-corrected chi connectivity index (χ3v) is 13.6. The van der Waals surface area contributed by atoms with Crippen LogP contribution in [-0.4, -0.2) is 23.0 Å². The first-order valence-electron chi connectivity index (χ1n) is 18.4. The topological polar surface area (TPSA) is 38.7 Å². The van der Waals surface area contributed by atoms with Crippen LogP contribution < -0.4 is 5.19 Å². The van der Waals surface area contributed by atoms with Gasteiger partial charge in [-0.1, -0.05) is 168 Å². The Bertz CT molecular complexity index is 2490. The lowest BCUT2D eigenvalue weighted by atomic mass is 9.80. The van der Waals surface area contributed by atoms with Gasteiger partial charge in [0.05, 0.1) is 8.07 Å². The van der Waals surface area contributed by atoms with E-state index in [-0.39, 0.29) is 10.8 Å². The van der Waals surface area contributed by atoms with Gasteiger partial charge in [-0.15, -0.1) is 0 Å². The summed E-state index contributed by atoms with van der Waals surface area (Å²) < 4.78 is 0. The Morgan fingerprint density at radius 3 is 1.37 bits per heavy atom. The molecule has 6 aromatic carbocycles. The average Bonchev–Trinajstić information content (AvgIpc) is 3.53. The van der Waals surface area contributed by atoms with Crippen LogP contribution in [0.3, 0.4) is 0 Å². The third-order valence-electron chi connectivity index (χ3n) is 11.5. The molecule has 254 valence electrons. The van der Waals surface area contributed by atoms with Gasteiger partial charge in [0.2, 0.25) is 0 Å². The maximum atomic E-state index is 5.03. The highest BCUT2D eigenvalue weighted by Crippen LogP contribution is 2.52. The first-order valence-corrected chi connectivity index (χ1v) is 21.9. The molecule has 0 bridgehead atoms. The fraction of sp³-hybridized carbons (Fsp3) is 0.188. The Morgan fingerprint density at radius 2 is 0.788 bits per heavy atom. The van der Waals surface area contributed by atoms with Crippen molar-refractivity contribution in [1.82, 2.24) is 15.0 Å². The van der Waals surface area contributed by atoms with E-state index < -0.39 is 8.07 Å². The predicted molar refractivity (Wildman–Crippen MR) is 220 cm³/mol. The summed E-state index contributed by atoms with van der Waals surface area (Å²) in [6.45, 7) is 16.8. The van der Waals surface area contributed by atoms with Gasteiger partial charge in [0.15, 0.2) is 17.5 Å². The Hall–Kier alpha value is -5.45. The van der Waals surface area contributed by atoms with Gasteiger partial charge in [0, 0.05) is 27.5 Å². The van der Waals surface area contributed by atoms with Gasteiger partial charge in [-0.05, 0) is 73.8 Å². The summed E-state index contributed by atoms with van der Waals surface area (Å²) in [7, 11) is -1.42. The van der Waals surface area contributed by atoms with E-state index in [1.165, 1.54) is 60.8 Å². The van der Waals surface area contributed by atoms with Crippen molar-refractivity contribution in [3.05, 3.63) is 156 Å². The molecule has 0 saturated heterocycles. The minimum absolute atomic E-state index is 0.0478. The summed E-state index contributed by atoms with van der Waals surface area (Å²) >= 11 is 0. The zero-order valence-electron chi connectivity index (χ0n) is 31.0. The highest BCUT2D eigenvalue weighted by atomic mass is 28.3. The second-order valence-corrected chi connectivity index (χ2v) is 21.7. The molecule has 7 aromatic rings. The summed E-state index contributed by atoms with van der Waals surface area (Å²) in [6.07, 6.45) is 0. The molecule has 2 aliphatic carbocycles. The summed E-state index contributed by atoms with van der Waals surface area (Å²) in [4.78, 5) is 15.0. The van der Waals surface area contributed by atoms with Gasteiger partial charge in [-0.25, -0.2) is 15.0 Å². The Labute approximate surface area is 308 Å². The average molecular weight is 690 g/mol. The molecule has 9 rings (SSSR count). The van der Waals surface area contributed by atoms with Crippen LogP contribution in [0.2, 0.25) is 19.6 Å².